The molecule has 0 aliphatic carbocycles. The molecule has 1 aliphatic rings. The molecule has 1 amide bonds. The molecule has 1 saturated heterocycles. The first-order chi connectivity index (χ1) is 10.7. The van der Waals surface area contributed by atoms with Gasteiger partial charge in [-0.15, -0.1) is 11.3 Å². The number of halogens is 1. The van der Waals surface area contributed by atoms with Crippen molar-refractivity contribution in [3.05, 3.63) is 34.7 Å². The smallest absolute Gasteiger partial charge is 0.242 e. The topological polar surface area (TPSA) is 54.5 Å². The fourth-order valence-corrected chi connectivity index (χ4v) is 3.17. The lowest BCUT2D eigenvalue weighted by Gasteiger charge is -2.26. The van der Waals surface area contributed by atoms with Crippen LogP contribution in [0.3, 0.4) is 0 Å². The highest BCUT2D eigenvalue weighted by molar-refractivity contribution is 7.14. The van der Waals surface area contributed by atoms with Gasteiger partial charge in [0.1, 0.15) is 0 Å². The monoisotopic (exact) mass is 337 g/mol. The first-order valence-corrected chi connectivity index (χ1v) is 8.29. The average molecular weight is 338 g/mol. The van der Waals surface area contributed by atoms with Gasteiger partial charge in [0.05, 0.1) is 25.5 Å². The largest absolute Gasteiger partial charge is 0.378 e. The molecular formula is C15H16ClN3O2S. The van der Waals surface area contributed by atoms with Crippen molar-refractivity contribution in [1.82, 2.24) is 9.88 Å². The number of aromatic nitrogens is 1. The van der Waals surface area contributed by atoms with E-state index in [1.54, 1.807) is 4.90 Å². The van der Waals surface area contributed by atoms with E-state index < -0.39 is 0 Å². The van der Waals surface area contributed by atoms with E-state index in [-0.39, 0.29) is 12.5 Å². The number of morpholine rings is 1. The van der Waals surface area contributed by atoms with E-state index in [9.17, 15) is 4.79 Å². The van der Waals surface area contributed by atoms with Crippen molar-refractivity contribution in [2.24, 2.45) is 0 Å². The Kier molecular flexibility index (Phi) is 4.92. The molecule has 0 unspecified atom stereocenters. The van der Waals surface area contributed by atoms with Crippen LogP contribution in [0.25, 0.3) is 11.3 Å². The van der Waals surface area contributed by atoms with Crippen molar-refractivity contribution in [2.75, 3.05) is 38.2 Å². The van der Waals surface area contributed by atoms with Gasteiger partial charge in [-0.1, -0.05) is 29.8 Å². The van der Waals surface area contributed by atoms with E-state index in [2.05, 4.69) is 10.3 Å². The van der Waals surface area contributed by atoms with E-state index in [0.717, 1.165) is 16.4 Å². The van der Waals surface area contributed by atoms with Crippen LogP contribution < -0.4 is 5.32 Å². The number of carbonyl (C=O) groups excluding carboxylic acids is 1. The van der Waals surface area contributed by atoms with Gasteiger partial charge in [-0.3, -0.25) is 4.79 Å². The summed E-state index contributed by atoms with van der Waals surface area (Å²) in [6.07, 6.45) is 0. The summed E-state index contributed by atoms with van der Waals surface area (Å²) in [6.45, 7) is 2.78. The highest BCUT2D eigenvalue weighted by Gasteiger charge is 2.17. The molecule has 1 aromatic heterocycles. The number of carbonyl (C=O) groups is 1. The van der Waals surface area contributed by atoms with Crippen molar-refractivity contribution in [1.29, 1.82) is 0 Å². The van der Waals surface area contributed by atoms with Crippen molar-refractivity contribution < 1.29 is 9.53 Å². The normalized spacial score (nSPS) is 14.9. The molecule has 0 saturated carbocycles. The number of hydrogen-bond acceptors (Lipinski definition) is 5. The Morgan fingerprint density at radius 2 is 2.14 bits per heavy atom. The van der Waals surface area contributed by atoms with Gasteiger partial charge in [-0.25, -0.2) is 4.98 Å². The lowest BCUT2D eigenvalue weighted by Crippen LogP contribution is -2.43. The molecule has 1 fully saturated rings. The number of amides is 1. The van der Waals surface area contributed by atoms with E-state index in [0.29, 0.717) is 31.3 Å². The predicted octanol–water partition coefficient (Wildman–Crippen LogP) is 2.73. The molecule has 1 aromatic carbocycles. The molecule has 0 spiro atoms. The van der Waals surface area contributed by atoms with Crippen molar-refractivity contribution in [3.8, 4) is 11.3 Å². The van der Waals surface area contributed by atoms with Crippen LogP contribution in [0.15, 0.2) is 29.6 Å². The highest BCUT2D eigenvalue weighted by Crippen LogP contribution is 2.30. The Morgan fingerprint density at radius 3 is 2.91 bits per heavy atom. The zero-order valence-electron chi connectivity index (χ0n) is 11.9. The maximum Gasteiger partial charge on any atom is 0.242 e. The summed E-state index contributed by atoms with van der Waals surface area (Å²) >= 11 is 7.63. The fourth-order valence-electron chi connectivity index (χ4n) is 2.22. The number of anilines is 1. The average Bonchev–Trinajstić information content (AvgIpc) is 3.02. The fraction of sp³-hybridized carbons (Fsp3) is 0.333. The van der Waals surface area contributed by atoms with E-state index in [1.807, 2.05) is 29.6 Å². The Labute approximate surface area is 137 Å². The minimum Gasteiger partial charge on any atom is -0.378 e. The van der Waals surface area contributed by atoms with Crippen LogP contribution in [0.4, 0.5) is 5.13 Å². The standard InChI is InChI=1S/C15H16ClN3O2S/c16-12-4-2-1-3-11(12)13-10-22-15(18-13)17-9-14(20)19-5-7-21-8-6-19/h1-4,10H,5-9H2,(H,17,18). The van der Waals surface area contributed by atoms with Crippen LogP contribution in [0, 0.1) is 0 Å². The van der Waals surface area contributed by atoms with Crippen LogP contribution >= 0.6 is 22.9 Å². The summed E-state index contributed by atoms with van der Waals surface area (Å²) < 4.78 is 5.24. The molecular weight excluding hydrogens is 322 g/mol. The number of nitrogens with zero attached hydrogens (tertiary/aromatic N) is 2. The Bertz CT molecular complexity index is 656. The minimum absolute atomic E-state index is 0.0674. The third kappa shape index (κ3) is 3.58. The number of benzene rings is 1. The minimum atomic E-state index is 0.0674. The summed E-state index contributed by atoms with van der Waals surface area (Å²) in [5, 5.41) is 6.41. The number of hydrogen-bond donors (Lipinski definition) is 1. The Balaban J connectivity index is 1.60. The Hall–Kier alpha value is -1.63. The van der Waals surface area contributed by atoms with E-state index in [1.165, 1.54) is 11.3 Å². The number of ether oxygens (including phenoxy) is 1. The third-order valence-electron chi connectivity index (χ3n) is 3.41. The molecule has 3 rings (SSSR count). The van der Waals surface area contributed by atoms with Gasteiger partial charge in [0.15, 0.2) is 5.13 Å². The summed E-state index contributed by atoms with van der Waals surface area (Å²) in [6, 6.07) is 7.58. The second-order valence-corrected chi connectivity index (χ2v) is 6.13. The lowest BCUT2D eigenvalue weighted by molar-refractivity contribution is -0.133. The third-order valence-corrected chi connectivity index (χ3v) is 4.54. The van der Waals surface area contributed by atoms with Gasteiger partial charge >= 0.3 is 0 Å². The van der Waals surface area contributed by atoms with E-state index in [4.69, 9.17) is 16.3 Å². The van der Waals surface area contributed by atoms with Gasteiger partial charge in [-0.2, -0.15) is 0 Å². The maximum atomic E-state index is 12.1. The number of thiazole rings is 1. The second-order valence-electron chi connectivity index (χ2n) is 4.86. The molecule has 0 atom stereocenters. The van der Waals surface area contributed by atoms with Crippen molar-refractivity contribution >= 4 is 34.0 Å². The molecule has 22 heavy (non-hydrogen) atoms. The molecule has 5 nitrogen and oxygen atoms in total. The molecule has 0 radical (unpaired) electrons. The first-order valence-electron chi connectivity index (χ1n) is 7.04. The number of rotatable bonds is 4. The van der Waals surface area contributed by atoms with Gasteiger partial charge in [0, 0.05) is 29.1 Å². The first kappa shape index (κ1) is 15.3. The zero-order chi connectivity index (χ0) is 15.4. The predicted molar refractivity (Wildman–Crippen MR) is 88.4 cm³/mol. The SMILES string of the molecule is O=C(CNc1nc(-c2ccccc2Cl)cs1)N1CCOCC1. The summed E-state index contributed by atoms with van der Waals surface area (Å²) in [7, 11) is 0. The van der Waals surface area contributed by atoms with Crippen LogP contribution in [0.5, 0.6) is 0 Å². The van der Waals surface area contributed by atoms with Gasteiger partial charge in [-0.05, 0) is 6.07 Å². The van der Waals surface area contributed by atoms with Crippen molar-refractivity contribution in [3.63, 3.8) is 0 Å². The highest BCUT2D eigenvalue weighted by atomic mass is 35.5. The van der Waals surface area contributed by atoms with Gasteiger partial charge in [0.2, 0.25) is 5.91 Å². The Morgan fingerprint density at radius 1 is 1.36 bits per heavy atom. The van der Waals surface area contributed by atoms with Crippen molar-refractivity contribution in [2.45, 2.75) is 0 Å². The van der Waals surface area contributed by atoms with Gasteiger partial charge in [0.25, 0.3) is 0 Å². The molecule has 116 valence electrons. The zero-order valence-corrected chi connectivity index (χ0v) is 13.5. The lowest BCUT2D eigenvalue weighted by atomic mass is 10.2. The van der Waals surface area contributed by atoms with Crippen LogP contribution in [-0.4, -0.2) is 48.6 Å². The van der Waals surface area contributed by atoms with Crippen LogP contribution in [0.2, 0.25) is 5.02 Å². The van der Waals surface area contributed by atoms with E-state index >= 15 is 0 Å². The summed E-state index contributed by atoms with van der Waals surface area (Å²) in [5.41, 5.74) is 1.71. The number of nitrogens with one attached hydrogen (secondary N) is 1. The molecule has 1 N–H and O–H groups in total. The summed E-state index contributed by atoms with van der Waals surface area (Å²) in [4.78, 5) is 18.4. The van der Waals surface area contributed by atoms with Crippen LogP contribution in [-0.2, 0) is 9.53 Å². The molecule has 7 heteroatoms. The molecule has 1 aliphatic heterocycles. The summed E-state index contributed by atoms with van der Waals surface area (Å²) in [5.74, 6) is 0.0674. The molecule has 2 heterocycles. The maximum absolute atomic E-state index is 12.1. The van der Waals surface area contributed by atoms with Gasteiger partial charge < -0.3 is 15.0 Å². The second kappa shape index (κ2) is 7.09. The molecule has 0 bridgehead atoms. The molecule has 2 aromatic rings. The van der Waals surface area contributed by atoms with Crippen LogP contribution in [0.1, 0.15) is 0 Å². The quantitative estimate of drug-likeness (QED) is 0.932.